The number of carbonyl (C=O) groups excluding carboxylic acids is 4. The number of amides is 3. The third kappa shape index (κ3) is 11.8. The number of hydrogen-bond acceptors (Lipinski definition) is 5. The molecule has 0 saturated carbocycles. The van der Waals surface area contributed by atoms with Crippen LogP contribution in [0.2, 0.25) is 0 Å². The minimum atomic E-state index is -0.433. The van der Waals surface area contributed by atoms with Crippen molar-refractivity contribution in [1.82, 2.24) is 15.1 Å². The average molecular weight is 591 g/mol. The smallest absolute Gasteiger partial charge is 0.254 e. The van der Waals surface area contributed by atoms with Crippen molar-refractivity contribution in [2.45, 2.75) is 97.4 Å². The van der Waals surface area contributed by atoms with Crippen LogP contribution in [-0.4, -0.2) is 65.0 Å². The number of fused-ring (bicyclic) bond motifs is 4. The van der Waals surface area contributed by atoms with Crippen LogP contribution in [-0.2, 0) is 9.59 Å². The van der Waals surface area contributed by atoms with Crippen LogP contribution in [0.4, 0.5) is 11.4 Å². The molecule has 0 aromatic heterocycles. The van der Waals surface area contributed by atoms with Gasteiger partial charge >= 0.3 is 0 Å². The van der Waals surface area contributed by atoms with Gasteiger partial charge in [0.2, 0.25) is 5.91 Å². The largest absolute Gasteiger partial charge is 0.355 e. The Morgan fingerprint density at radius 1 is 0.767 bits per heavy atom. The zero-order chi connectivity index (χ0) is 31.2. The molecular formula is C35H50N4O4. The summed E-state index contributed by atoms with van der Waals surface area (Å²) in [7, 11) is 0. The first-order chi connectivity index (χ1) is 20.6. The van der Waals surface area contributed by atoms with Crippen molar-refractivity contribution in [3.05, 3.63) is 59.7 Å². The van der Waals surface area contributed by atoms with Gasteiger partial charge in [0, 0.05) is 47.6 Å². The van der Waals surface area contributed by atoms with E-state index in [1.165, 1.54) is 37.0 Å². The van der Waals surface area contributed by atoms with E-state index in [1.807, 2.05) is 39.0 Å². The topological polar surface area (TPSA) is 98.8 Å². The molecule has 0 spiro atoms. The Balaban J connectivity index is 1.75. The first-order valence-corrected chi connectivity index (χ1v) is 15.9. The minimum absolute atomic E-state index is 0.0322. The van der Waals surface area contributed by atoms with Crippen molar-refractivity contribution in [2.75, 3.05) is 31.5 Å². The van der Waals surface area contributed by atoms with E-state index in [0.717, 1.165) is 19.3 Å². The third-order valence-corrected chi connectivity index (χ3v) is 7.46. The Hall–Kier alpha value is -3.68. The van der Waals surface area contributed by atoms with Gasteiger partial charge in [0.05, 0.1) is 13.1 Å². The first kappa shape index (κ1) is 33.8. The highest BCUT2D eigenvalue weighted by atomic mass is 16.2. The first-order valence-electron chi connectivity index (χ1n) is 15.9. The molecule has 2 N–H and O–H groups in total. The van der Waals surface area contributed by atoms with Crippen LogP contribution in [0.3, 0.4) is 0 Å². The molecule has 2 aromatic carbocycles. The second kappa shape index (κ2) is 16.8. The van der Waals surface area contributed by atoms with Crippen LogP contribution in [0, 0.1) is 0 Å². The summed E-state index contributed by atoms with van der Waals surface area (Å²) in [5.41, 5.74) is 1.94. The predicted molar refractivity (Wildman–Crippen MR) is 173 cm³/mol. The summed E-state index contributed by atoms with van der Waals surface area (Å²) in [5, 5.41) is 6.22. The molecule has 8 heteroatoms. The summed E-state index contributed by atoms with van der Waals surface area (Å²) in [6.45, 7) is 8.40. The Bertz CT molecular complexity index is 1240. The van der Waals surface area contributed by atoms with Crippen molar-refractivity contribution < 1.29 is 19.2 Å². The molecule has 1 aliphatic heterocycles. The number of nitrogens with one attached hydrogen (secondary N) is 2. The number of carbonyl (C=O) groups is 4. The molecular weight excluding hydrogens is 540 g/mol. The molecule has 0 fully saturated rings. The van der Waals surface area contributed by atoms with Gasteiger partial charge in [-0.15, -0.1) is 0 Å². The Labute approximate surface area is 257 Å². The van der Waals surface area contributed by atoms with Gasteiger partial charge in [0.15, 0.2) is 5.78 Å². The second-order valence-corrected chi connectivity index (χ2v) is 12.7. The molecule has 0 unspecified atom stereocenters. The number of ketones is 1. The lowest BCUT2D eigenvalue weighted by Crippen LogP contribution is -2.48. The molecule has 0 aliphatic carbocycles. The average Bonchev–Trinajstić information content (AvgIpc) is 2.95. The summed E-state index contributed by atoms with van der Waals surface area (Å²) in [5.74, 6) is -0.689. The van der Waals surface area contributed by atoms with Crippen LogP contribution < -0.4 is 10.6 Å². The molecule has 0 saturated heterocycles. The van der Waals surface area contributed by atoms with Crippen molar-refractivity contribution in [1.29, 1.82) is 0 Å². The number of nitrogens with zero attached hydrogens (tertiary/aromatic N) is 2. The molecule has 2 aromatic rings. The van der Waals surface area contributed by atoms with Crippen LogP contribution in [0.25, 0.3) is 0 Å². The minimum Gasteiger partial charge on any atom is -0.355 e. The summed E-state index contributed by atoms with van der Waals surface area (Å²) in [4.78, 5) is 56.2. The van der Waals surface area contributed by atoms with Crippen LogP contribution >= 0.6 is 0 Å². The fraction of sp³-hybridized carbons (Fsp3) is 0.543. The van der Waals surface area contributed by atoms with E-state index in [9.17, 15) is 19.2 Å². The zero-order valence-corrected chi connectivity index (χ0v) is 26.5. The van der Waals surface area contributed by atoms with E-state index in [2.05, 4.69) is 17.6 Å². The van der Waals surface area contributed by atoms with Crippen molar-refractivity contribution >= 4 is 34.9 Å². The van der Waals surface area contributed by atoms with Crippen LogP contribution in [0.1, 0.15) is 113 Å². The molecule has 234 valence electrons. The Morgan fingerprint density at radius 2 is 1.28 bits per heavy atom. The number of benzene rings is 2. The van der Waals surface area contributed by atoms with E-state index in [4.69, 9.17) is 0 Å². The monoisotopic (exact) mass is 590 g/mol. The normalized spacial score (nSPS) is 14.2. The van der Waals surface area contributed by atoms with Gasteiger partial charge in [0.25, 0.3) is 11.8 Å². The zero-order valence-electron chi connectivity index (χ0n) is 26.5. The van der Waals surface area contributed by atoms with Gasteiger partial charge in [-0.1, -0.05) is 64.0 Å². The van der Waals surface area contributed by atoms with Gasteiger partial charge in [-0.25, -0.2) is 0 Å². The quantitative estimate of drug-likeness (QED) is 0.252. The molecule has 0 radical (unpaired) electrons. The van der Waals surface area contributed by atoms with Crippen molar-refractivity contribution in [3.8, 4) is 0 Å². The Kier molecular flexibility index (Phi) is 13.2. The van der Waals surface area contributed by atoms with Gasteiger partial charge < -0.3 is 20.4 Å². The number of anilines is 2. The molecule has 3 amide bonds. The lowest BCUT2D eigenvalue weighted by atomic mass is 10.1. The molecule has 4 bridgehead atoms. The number of Topliss-reactive ketones (excluding diaryl/α,β-unsaturated/α-hetero) is 1. The standard InChI is InChI=1S/C35H50N4O4/c1-5-6-7-8-9-10-11-12-20-31(40)25-38-21-15-22-39(26-32(41)37-35(2,3)4)34(43)28-17-14-19-30(24-28)36-29-18-13-16-27(23-29)33(38)42/h13-14,16-19,23-24,36H,5-12,15,20-22,25-26H2,1-4H3,(H,37,41). The van der Waals surface area contributed by atoms with Crippen molar-refractivity contribution in [3.63, 3.8) is 0 Å². The number of hydrogen-bond donors (Lipinski definition) is 2. The van der Waals surface area contributed by atoms with Gasteiger partial charge in [-0.05, 0) is 70.0 Å². The maximum atomic E-state index is 13.7. The van der Waals surface area contributed by atoms with Crippen molar-refractivity contribution in [2.24, 2.45) is 0 Å². The molecule has 1 aliphatic rings. The lowest BCUT2D eigenvalue weighted by molar-refractivity contribution is -0.123. The van der Waals surface area contributed by atoms with Crippen LogP contribution in [0.15, 0.2) is 48.5 Å². The number of unbranched alkanes of at least 4 members (excludes halogenated alkanes) is 7. The van der Waals surface area contributed by atoms with E-state index < -0.39 is 5.54 Å². The highest BCUT2D eigenvalue weighted by molar-refractivity contribution is 5.99. The Morgan fingerprint density at radius 3 is 1.81 bits per heavy atom. The molecule has 43 heavy (non-hydrogen) atoms. The van der Waals surface area contributed by atoms with Crippen LogP contribution in [0.5, 0.6) is 0 Å². The van der Waals surface area contributed by atoms with Gasteiger partial charge in [0.1, 0.15) is 0 Å². The van der Waals surface area contributed by atoms with E-state index >= 15 is 0 Å². The molecule has 1 heterocycles. The van der Waals surface area contributed by atoms with E-state index in [1.54, 1.807) is 35.2 Å². The predicted octanol–water partition coefficient (Wildman–Crippen LogP) is 6.73. The summed E-state index contributed by atoms with van der Waals surface area (Å²) in [6, 6.07) is 14.4. The molecule has 8 nitrogen and oxygen atoms in total. The lowest BCUT2D eigenvalue weighted by Gasteiger charge is -2.28. The van der Waals surface area contributed by atoms with Gasteiger partial charge in [-0.2, -0.15) is 0 Å². The second-order valence-electron chi connectivity index (χ2n) is 12.7. The maximum absolute atomic E-state index is 13.7. The fourth-order valence-corrected chi connectivity index (χ4v) is 5.33. The maximum Gasteiger partial charge on any atom is 0.254 e. The fourth-order valence-electron chi connectivity index (χ4n) is 5.33. The highest BCUT2D eigenvalue weighted by Crippen LogP contribution is 2.22. The summed E-state index contributed by atoms with van der Waals surface area (Å²) >= 11 is 0. The molecule has 3 rings (SSSR count). The summed E-state index contributed by atoms with van der Waals surface area (Å²) in [6.07, 6.45) is 10.1. The molecule has 0 atom stereocenters. The van der Waals surface area contributed by atoms with E-state index in [-0.39, 0.29) is 43.1 Å². The summed E-state index contributed by atoms with van der Waals surface area (Å²) < 4.78 is 0. The van der Waals surface area contributed by atoms with E-state index in [0.29, 0.717) is 41.9 Å². The highest BCUT2D eigenvalue weighted by Gasteiger charge is 2.24. The SMILES string of the molecule is CCCCCCCCCCC(=O)CN1CCCN(CC(=O)NC(C)(C)C)C(=O)c2cccc(c2)Nc2cccc(c2)C1=O. The van der Waals surface area contributed by atoms with Gasteiger partial charge in [-0.3, -0.25) is 19.2 Å². The third-order valence-electron chi connectivity index (χ3n) is 7.46. The number of rotatable bonds is 13.